The monoisotopic (exact) mass is 130 g/mol. The van der Waals surface area contributed by atoms with Gasteiger partial charge < -0.3 is 0 Å². The molecule has 0 fully saturated rings. The molecule has 7 heavy (non-hydrogen) atoms. The summed E-state index contributed by atoms with van der Waals surface area (Å²) in [4.78, 5) is 0. The maximum atomic E-state index is 9.67. The summed E-state index contributed by atoms with van der Waals surface area (Å²) < 4.78 is 29.0. The second-order valence-corrected chi connectivity index (χ2v) is 1.47. The Morgan fingerprint density at radius 1 is 1.14 bits per heavy atom. The molecule has 0 bridgehead atoms. The number of hydrogen-bond donors (Lipinski definition) is 0. The van der Waals surface area contributed by atoms with E-state index in [0.29, 0.717) is 0 Å². The Balaban J connectivity index is 0. The maximum Gasteiger partial charge on any atom is 0.762 e. The highest BCUT2D eigenvalue weighted by Gasteiger charge is 2.06. The molecule has 0 rings (SSSR count). The van der Waals surface area contributed by atoms with Crippen molar-refractivity contribution in [3.63, 3.8) is 0 Å². The predicted molar refractivity (Wildman–Crippen MR) is 28.5 cm³/mol. The molecule has 0 aromatic carbocycles. The van der Waals surface area contributed by atoms with Crippen LogP contribution >= 0.6 is 11.8 Å². The third-order valence-electron chi connectivity index (χ3n) is 0. The van der Waals surface area contributed by atoms with Crippen molar-refractivity contribution in [2.45, 2.75) is 0 Å². The van der Waals surface area contributed by atoms with Crippen molar-refractivity contribution < 1.29 is 12.9 Å². The van der Waals surface area contributed by atoms with Crippen molar-refractivity contribution in [2.24, 2.45) is 0 Å². The summed E-state index contributed by atoms with van der Waals surface area (Å²) in [5.41, 5.74) is 0. The predicted octanol–water partition coefficient (Wildman–Crippen LogP) is 1.86. The Morgan fingerprint density at radius 2 is 1.14 bits per heavy atom. The van der Waals surface area contributed by atoms with Gasteiger partial charge in [-0.3, -0.25) is 12.9 Å². The number of hydrogen-bond acceptors (Lipinski definition) is 1. The molecule has 0 aliphatic rings. The highest BCUT2D eigenvalue weighted by atomic mass is 32.2. The third kappa shape index (κ3) is 2610. The summed E-state index contributed by atoms with van der Waals surface area (Å²) >= 11 is 1.75. The third-order valence-corrected chi connectivity index (χ3v) is 0. The zero-order valence-electron chi connectivity index (χ0n) is 4.12. The van der Waals surface area contributed by atoms with E-state index in [9.17, 15) is 12.9 Å². The van der Waals surface area contributed by atoms with Crippen molar-refractivity contribution in [3.05, 3.63) is 0 Å². The zero-order valence-corrected chi connectivity index (χ0v) is 4.94. The maximum absolute atomic E-state index is 9.67. The van der Waals surface area contributed by atoms with Gasteiger partial charge in [0.05, 0.1) is 0 Å². The molecule has 0 N–H and O–H groups in total. The molecule has 0 saturated heterocycles. The van der Waals surface area contributed by atoms with E-state index in [1.807, 2.05) is 12.5 Å². The first-order valence-electron chi connectivity index (χ1n) is 1.47. The molecular weight excluding hydrogens is 124 g/mol. The Labute approximate surface area is 45.7 Å². The van der Waals surface area contributed by atoms with E-state index in [1.165, 1.54) is 0 Å². The Kier molecular flexibility index (Phi) is 13.9. The summed E-state index contributed by atoms with van der Waals surface area (Å²) in [5.74, 6) is 0. The Bertz CT molecular complexity index is 24.1. The van der Waals surface area contributed by atoms with Crippen LogP contribution in [0.4, 0.5) is 12.9 Å². The fourth-order valence-corrected chi connectivity index (χ4v) is 0. The molecule has 0 aliphatic heterocycles. The molecule has 5 heteroatoms. The van der Waals surface area contributed by atoms with Gasteiger partial charge in [-0.2, -0.15) is 11.8 Å². The van der Waals surface area contributed by atoms with E-state index in [-0.39, 0.29) is 0 Å². The normalized spacial score (nSPS) is 6.43. The second-order valence-electron chi connectivity index (χ2n) is 0.656. The van der Waals surface area contributed by atoms with E-state index in [0.717, 1.165) is 0 Å². The van der Waals surface area contributed by atoms with Gasteiger partial charge in [0, 0.05) is 0 Å². The largest absolute Gasteiger partial charge is 0.762 e. The topological polar surface area (TPSA) is 0 Å². The van der Waals surface area contributed by atoms with E-state index in [2.05, 4.69) is 0 Å². The van der Waals surface area contributed by atoms with Crippen molar-refractivity contribution in [1.29, 1.82) is 0 Å². The van der Waals surface area contributed by atoms with Crippen molar-refractivity contribution in [2.75, 3.05) is 12.5 Å². The molecule has 0 radical (unpaired) electrons. The van der Waals surface area contributed by atoms with Crippen LogP contribution in [0.25, 0.3) is 0 Å². The summed E-state index contributed by atoms with van der Waals surface area (Å²) in [6.45, 7) is 0. The summed E-state index contributed by atoms with van der Waals surface area (Å²) in [7, 11) is -3.67. The molecule has 0 aromatic rings. The minimum Gasteiger partial charge on any atom is -0.254 e. The van der Waals surface area contributed by atoms with Crippen LogP contribution in [0.5, 0.6) is 0 Å². The molecule has 44 valence electrons. The first kappa shape index (κ1) is 10.2. The number of halogens is 3. The second kappa shape index (κ2) is 9.51. The van der Waals surface area contributed by atoms with Crippen LogP contribution in [-0.4, -0.2) is 20.1 Å². The van der Waals surface area contributed by atoms with Crippen LogP contribution in [0.15, 0.2) is 0 Å². The minimum absolute atomic E-state index is 1.75. The standard InChI is InChI=1S/C2H6S.BF3/c1-3-2;2-1(3)4/h1-2H3;. The molecule has 0 amide bonds. The number of thioether (sulfide) groups is 1. The summed E-state index contributed by atoms with van der Waals surface area (Å²) in [5, 5.41) is 0. The number of rotatable bonds is 0. The lowest BCUT2D eigenvalue weighted by atomic mass is 10.5. The molecular formula is C2H6BF3S. The molecule has 0 unspecified atom stereocenters. The highest BCUT2D eigenvalue weighted by molar-refractivity contribution is 7.97. The quantitative estimate of drug-likeness (QED) is 0.451. The van der Waals surface area contributed by atoms with Gasteiger partial charge in [-0.05, 0) is 12.5 Å². The van der Waals surface area contributed by atoms with Crippen molar-refractivity contribution in [3.8, 4) is 0 Å². The van der Waals surface area contributed by atoms with Crippen LogP contribution in [0.3, 0.4) is 0 Å². The molecule has 0 aromatic heterocycles. The average molecular weight is 130 g/mol. The Hall–Kier alpha value is 0.205. The highest BCUT2D eigenvalue weighted by Crippen LogP contribution is 1.80. The SMILES string of the molecule is CSC.FB(F)F. The molecule has 0 heterocycles. The lowest BCUT2D eigenvalue weighted by molar-refractivity contribution is 0.535. The van der Waals surface area contributed by atoms with Crippen molar-refractivity contribution in [1.82, 2.24) is 0 Å². The lowest BCUT2D eigenvalue weighted by Crippen LogP contribution is -1.76. The van der Waals surface area contributed by atoms with E-state index < -0.39 is 7.54 Å². The zero-order chi connectivity index (χ0) is 6.28. The molecule has 0 atom stereocenters. The van der Waals surface area contributed by atoms with Crippen LogP contribution in [0, 0.1) is 0 Å². The average Bonchev–Trinajstić information content (AvgIpc) is 1.33. The molecule has 0 saturated carbocycles. The van der Waals surface area contributed by atoms with E-state index in [1.54, 1.807) is 11.8 Å². The molecule has 0 spiro atoms. The first-order valence-corrected chi connectivity index (χ1v) is 3.10. The van der Waals surface area contributed by atoms with Crippen molar-refractivity contribution >= 4 is 19.3 Å². The fraction of sp³-hybridized carbons (Fsp3) is 1.00. The van der Waals surface area contributed by atoms with Gasteiger partial charge in [-0.1, -0.05) is 0 Å². The summed E-state index contributed by atoms with van der Waals surface area (Å²) in [6, 6.07) is 0. The van der Waals surface area contributed by atoms with Crippen LogP contribution in [0.1, 0.15) is 0 Å². The van der Waals surface area contributed by atoms with Crippen LogP contribution in [-0.2, 0) is 0 Å². The van der Waals surface area contributed by atoms with Gasteiger partial charge in [0.25, 0.3) is 0 Å². The fourth-order valence-electron chi connectivity index (χ4n) is 0. The van der Waals surface area contributed by atoms with Gasteiger partial charge in [-0.25, -0.2) is 0 Å². The van der Waals surface area contributed by atoms with Gasteiger partial charge in [0.2, 0.25) is 0 Å². The van der Waals surface area contributed by atoms with Gasteiger partial charge >= 0.3 is 7.54 Å². The van der Waals surface area contributed by atoms with Gasteiger partial charge in [0.15, 0.2) is 0 Å². The lowest BCUT2D eigenvalue weighted by Gasteiger charge is -1.55. The molecule has 0 nitrogen and oxygen atoms in total. The van der Waals surface area contributed by atoms with Gasteiger partial charge in [0.1, 0.15) is 0 Å². The minimum atomic E-state index is -3.67. The smallest absolute Gasteiger partial charge is 0.254 e. The first-order chi connectivity index (χ1) is 3.15. The van der Waals surface area contributed by atoms with Crippen LogP contribution < -0.4 is 0 Å². The van der Waals surface area contributed by atoms with Gasteiger partial charge in [-0.15, -0.1) is 0 Å². The van der Waals surface area contributed by atoms with Crippen LogP contribution in [0.2, 0.25) is 0 Å². The summed E-state index contributed by atoms with van der Waals surface area (Å²) in [6.07, 6.45) is 4.08. The van der Waals surface area contributed by atoms with E-state index in [4.69, 9.17) is 0 Å². The molecule has 0 aliphatic carbocycles. The van der Waals surface area contributed by atoms with E-state index >= 15 is 0 Å². The Morgan fingerprint density at radius 3 is 1.14 bits per heavy atom.